The molecule has 0 fully saturated rings. The Labute approximate surface area is 157 Å². The number of nitrogens with zero attached hydrogens (tertiary/aromatic N) is 1. The van der Waals surface area contributed by atoms with Gasteiger partial charge in [0.1, 0.15) is 5.82 Å². The van der Waals surface area contributed by atoms with E-state index in [4.69, 9.17) is 11.6 Å². The molecule has 3 nitrogen and oxygen atoms in total. The van der Waals surface area contributed by atoms with E-state index in [1.165, 1.54) is 16.4 Å². The maximum absolute atomic E-state index is 13.2. The van der Waals surface area contributed by atoms with Crippen LogP contribution in [0, 0.1) is 12.7 Å². The second-order valence-electron chi connectivity index (χ2n) is 5.90. The van der Waals surface area contributed by atoms with E-state index in [-0.39, 0.29) is 11.4 Å². The molecule has 0 spiro atoms. The van der Waals surface area contributed by atoms with Gasteiger partial charge in [-0.25, -0.2) is 12.8 Å². The van der Waals surface area contributed by atoms with Crippen LogP contribution in [0.15, 0.2) is 77.7 Å². The van der Waals surface area contributed by atoms with Gasteiger partial charge in [-0.1, -0.05) is 41.9 Å². The van der Waals surface area contributed by atoms with Crippen LogP contribution in [0.1, 0.15) is 11.1 Å². The molecule has 0 saturated carbocycles. The van der Waals surface area contributed by atoms with Crippen molar-refractivity contribution in [2.75, 3.05) is 4.31 Å². The predicted octanol–water partition coefficient (Wildman–Crippen LogP) is 5.18. The van der Waals surface area contributed by atoms with Gasteiger partial charge in [-0.3, -0.25) is 4.31 Å². The first kappa shape index (κ1) is 18.4. The first-order valence-corrected chi connectivity index (χ1v) is 9.78. The van der Waals surface area contributed by atoms with Gasteiger partial charge in [0, 0.05) is 5.02 Å². The summed E-state index contributed by atoms with van der Waals surface area (Å²) in [7, 11) is -3.89. The molecule has 134 valence electrons. The highest BCUT2D eigenvalue weighted by Gasteiger charge is 2.26. The SMILES string of the molecule is Cc1cccc(N(Cc2ccccc2Cl)S(=O)(=O)c2ccc(F)cc2)c1. The van der Waals surface area contributed by atoms with Crippen molar-refractivity contribution in [3.63, 3.8) is 0 Å². The van der Waals surface area contributed by atoms with Crippen molar-refractivity contribution in [1.29, 1.82) is 0 Å². The zero-order chi connectivity index (χ0) is 18.7. The average molecular weight is 390 g/mol. The van der Waals surface area contributed by atoms with Crippen LogP contribution in [0.25, 0.3) is 0 Å². The minimum atomic E-state index is -3.89. The van der Waals surface area contributed by atoms with Gasteiger partial charge in [0.2, 0.25) is 0 Å². The molecule has 0 saturated heterocycles. The van der Waals surface area contributed by atoms with Gasteiger partial charge in [-0.05, 0) is 60.5 Å². The van der Waals surface area contributed by atoms with Gasteiger partial charge in [-0.15, -0.1) is 0 Å². The Hall–Kier alpha value is -2.37. The summed E-state index contributed by atoms with van der Waals surface area (Å²) in [6.45, 7) is 1.96. The Morgan fingerprint density at radius 3 is 2.31 bits per heavy atom. The third-order valence-electron chi connectivity index (χ3n) is 3.96. The number of anilines is 1. The molecule has 6 heteroatoms. The van der Waals surface area contributed by atoms with Gasteiger partial charge < -0.3 is 0 Å². The van der Waals surface area contributed by atoms with Crippen molar-refractivity contribution >= 4 is 27.3 Å². The van der Waals surface area contributed by atoms with E-state index >= 15 is 0 Å². The highest BCUT2D eigenvalue weighted by atomic mass is 35.5. The summed E-state index contributed by atoms with van der Waals surface area (Å²) in [6, 6.07) is 19.1. The minimum Gasteiger partial charge on any atom is -0.262 e. The van der Waals surface area contributed by atoms with E-state index in [2.05, 4.69) is 0 Å². The van der Waals surface area contributed by atoms with Gasteiger partial charge in [0.05, 0.1) is 17.1 Å². The third-order valence-corrected chi connectivity index (χ3v) is 6.12. The molecule has 0 aliphatic heterocycles. The molecule has 0 N–H and O–H groups in total. The summed E-state index contributed by atoms with van der Waals surface area (Å²) >= 11 is 6.23. The van der Waals surface area contributed by atoms with Crippen LogP contribution in [-0.2, 0) is 16.6 Å². The minimum absolute atomic E-state index is 0.0208. The smallest absolute Gasteiger partial charge is 0.262 e. The molecular formula is C20H17ClFNO2S. The number of sulfonamides is 1. The van der Waals surface area contributed by atoms with Crippen molar-refractivity contribution in [2.45, 2.75) is 18.4 Å². The van der Waals surface area contributed by atoms with Crippen LogP contribution in [-0.4, -0.2) is 8.42 Å². The van der Waals surface area contributed by atoms with Crippen molar-refractivity contribution in [1.82, 2.24) is 0 Å². The number of hydrogen-bond acceptors (Lipinski definition) is 2. The lowest BCUT2D eigenvalue weighted by atomic mass is 10.2. The zero-order valence-corrected chi connectivity index (χ0v) is 15.6. The molecule has 0 aromatic heterocycles. The second kappa shape index (κ2) is 7.48. The van der Waals surface area contributed by atoms with Gasteiger partial charge in [0.15, 0.2) is 0 Å². The molecule has 0 amide bonds. The van der Waals surface area contributed by atoms with Crippen molar-refractivity contribution in [3.8, 4) is 0 Å². The Morgan fingerprint density at radius 1 is 0.962 bits per heavy atom. The molecular weight excluding hydrogens is 373 g/mol. The number of aryl methyl sites for hydroxylation is 1. The summed E-state index contributed by atoms with van der Waals surface area (Å²) in [5.41, 5.74) is 2.14. The normalized spacial score (nSPS) is 11.3. The average Bonchev–Trinajstić information content (AvgIpc) is 2.61. The van der Waals surface area contributed by atoms with E-state index in [0.29, 0.717) is 16.3 Å². The van der Waals surface area contributed by atoms with Gasteiger partial charge >= 0.3 is 0 Å². The number of benzene rings is 3. The van der Waals surface area contributed by atoms with Crippen molar-refractivity contribution in [3.05, 3.63) is 94.8 Å². The zero-order valence-electron chi connectivity index (χ0n) is 14.1. The molecule has 3 rings (SSSR count). The maximum Gasteiger partial charge on any atom is 0.264 e. The van der Waals surface area contributed by atoms with Crippen LogP contribution in [0.2, 0.25) is 5.02 Å². The quantitative estimate of drug-likeness (QED) is 0.602. The van der Waals surface area contributed by atoms with E-state index < -0.39 is 15.8 Å². The summed E-state index contributed by atoms with van der Waals surface area (Å²) in [6.07, 6.45) is 0. The van der Waals surface area contributed by atoms with Gasteiger partial charge in [0.25, 0.3) is 10.0 Å². The molecule has 0 radical (unpaired) electrons. The fraction of sp³-hybridized carbons (Fsp3) is 0.100. The molecule has 0 aliphatic rings. The van der Waals surface area contributed by atoms with Gasteiger partial charge in [-0.2, -0.15) is 0 Å². The van der Waals surface area contributed by atoms with Crippen LogP contribution in [0.5, 0.6) is 0 Å². The highest BCUT2D eigenvalue weighted by molar-refractivity contribution is 7.92. The monoisotopic (exact) mass is 389 g/mol. The van der Waals surface area contributed by atoms with Crippen molar-refractivity contribution < 1.29 is 12.8 Å². The molecule has 0 unspecified atom stereocenters. The first-order valence-electron chi connectivity index (χ1n) is 7.96. The number of halogens is 2. The van der Waals surface area contributed by atoms with Crippen LogP contribution in [0.4, 0.5) is 10.1 Å². The van der Waals surface area contributed by atoms with E-state index in [1.54, 1.807) is 42.5 Å². The summed E-state index contributed by atoms with van der Waals surface area (Å²) < 4.78 is 41.0. The molecule has 0 bridgehead atoms. The summed E-state index contributed by atoms with van der Waals surface area (Å²) in [4.78, 5) is 0.0208. The lowest BCUT2D eigenvalue weighted by Crippen LogP contribution is -2.30. The predicted molar refractivity (Wildman–Crippen MR) is 102 cm³/mol. The lowest BCUT2D eigenvalue weighted by molar-refractivity contribution is 0.589. The first-order chi connectivity index (χ1) is 12.4. The Balaban J connectivity index is 2.11. The molecule has 3 aromatic rings. The molecule has 26 heavy (non-hydrogen) atoms. The molecule has 0 aliphatic carbocycles. The lowest BCUT2D eigenvalue weighted by Gasteiger charge is -2.25. The summed E-state index contributed by atoms with van der Waals surface area (Å²) in [5.74, 6) is -0.489. The van der Waals surface area contributed by atoms with E-state index in [9.17, 15) is 12.8 Å². The fourth-order valence-electron chi connectivity index (χ4n) is 2.61. The Bertz CT molecular complexity index is 1020. The largest absolute Gasteiger partial charge is 0.264 e. The summed E-state index contributed by atoms with van der Waals surface area (Å²) in [5, 5.41) is 0.486. The highest BCUT2D eigenvalue weighted by Crippen LogP contribution is 2.28. The number of rotatable bonds is 5. The molecule has 3 aromatic carbocycles. The van der Waals surface area contributed by atoms with Crippen LogP contribution >= 0.6 is 11.6 Å². The maximum atomic E-state index is 13.2. The molecule has 0 heterocycles. The van der Waals surface area contributed by atoms with E-state index in [1.807, 2.05) is 13.0 Å². The second-order valence-corrected chi connectivity index (χ2v) is 8.17. The molecule has 0 atom stereocenters. The standard InChI is InChI=1S/C20H17ClFNO2S/c1-15-5-4-7-18(13-15)23(14-16-6-2-3-8-20(16)21)26(24,25)19-11-9-17(22)10-12-19/h2-13H,14H2,1H3. The Kier molecular flexibility index (Phi) is 5.30. The van der Waals surface area contributed by atoms with Crippen molar-refractivity contribution in [2.24, 2.45) is 0 Å². The van der Waals surface area contributed by atoms with Crippen LogP contribution < -0.4 is 4.31 Å². The number of hydrogen-bond donors (Lipinski definition) is 0. The Morgan fingerprint density at radius 2 is 1.65 bits per heavy atom. The van der Waals surface area contributed by atoms with Crippen LogP contribution in [0.3, 0.4) is 0 Å². The van der Waals surface area contributed by atoms with E-state index in [0.717, 1.165) is 17.7 Å². The third kappa shape index (κ3) is 3.89. The fourth-order valence-corrected chi connectivity index (χ4v) is 4.24. The topological polar surface area (TPSA) is 37.4 Å².